The highest BCUT2D eigenvalue weighted by Crippen LogP contribution is 2.34. The molecule has 1 saturated heterocycles. The van der Waals surface area contributed by atoms with Gasteiger partial charge in [0.25, 0.3) is 0 Å². The van der Waals surface area contributed by atoms with E-state index in [1.165, 1.54) is 19.6 Å². The predicted molar refractivity (Wildman–Crippen MR) is 105 cm³/mol. The van der Waals surface area contributed by atoms with Gasteiger partial charge in [-0.1, -0.05) is 0 Å². The van der Waals surface area contributed by atoms with Crippen LogP contribution < -0.4 is 0 Å². The van der Waals surface area contributed by atoms with Crippen molar-refractivity contribution in [2.24, 2.45) is 0 Å². The molecule has 0 radical (unpaired) electrons. The molecule has 1 heterocycles. The molecule has 0 aromatic rings. The molecule has 1 rings (SSSR count). The molecule has 0 aromatic heterocycles. The van der Waals surface area contributed by atoms with Gasteiger partial charge in [-0.3, -0.25) is 33.8 Å². The number of halogens is 3. The van der Waals surface area contributed by atoms with Gasteiger partial charge in [0.05, 0.1) is 13.1 Å². The molecule has 0 aliphatic carbocycles. The maximum absolute atomic E-state index is 12.8. The molecule has 0 aromatic carbocycles. The van der Waals surface area contributed by atoms with Crippen molar-refractivity contribution in [3.05, 3.63) is 0 Å². The summed E-state index contributed by atoms with van der Waals surface area (Å²) in [5.41, 5.74) is 0. The fraction of sp³-hybridized carbons (Fsp3) is 0.875. The molecule has 32 heavy (non-hydrogen) atoms. The van der Waals surface area contributed by atoms with Crippen molar-refractivity contribution >= 4 is 19.5 Å². The van der Waals surface area contributed by atoms with Gasteiger partial charge in [-0.2, -0.15) is 13.2 Å². The number of hydrogen-bond acceptors (Lipinski definition) is 8. The lowest BCUT2D eigenvalue weighted by Gasteiger charge is -2.34. The summed E-state index contributed by atoms with van der Waals surface area (Å²) in [6.45, 7) is -1.35. The quantitative estimate of drug-likeness (QED) is 0.247. The van der Waals surface area contributed by atoms with Crippen LogP contribution in [0.5, 0.6) is 0 Å². The zero-order chi connectivity index (χ0) is 24.5. The highest BCUT2D eigenvalue weighted by Gasteiger charge is 2.39. The average molecular weight is 494 g/mol. The van der Waals surface area contributed by atoms with Gasteiger partial charge < -0.3 is 25.1 Å². The van der Waals surface area contributed by atoms with Crippen LogP contribution in [-0.4, -0.2) is 147 Å². The molecule has 5 N–H and O–H groups in total. The normalized spacial score (nSPS) is 20.9. The van der Waals surface area contributed by atoms with Crippen molar-refractivity contribution in [3.8, 4) is 0 Å². The highest BCUT2D eigenvalue weighted by atomic mass is 31.2. The van der Waals surface area contributed by atoms with Gasteiger partial charge in [0, 0.05) is 58.9 Å². The van der Waals surface area contributed by atoms with Crippen LogP contribution in [0.15, 0.2) is 0 Å². The molecule has 1 fully saturated rings. The van der Waals surface area contributed by atoms with Crippen LogP contribution in [0.3, 0.4) is 0 Å². The predicted octanol–water partition coefficient (Wildman–Crippen LogP) is -1.56. The van der Waals surface area contributed by atoms with E-state index in [2.05, 4.69) is 0 Å². The van der Waals surface area contributed by atoms with E-state index in [1.54, 1.807) is 0 Å². The van der Waals surface area contributed by atoms with Crippen LogP contribution in [0.2, 0.25) is 0 Å². The Morgan fingerprint density at radius 3 is 1.44 bits per heavy atom. The molecule has 188 valence electrons. The first kappa shape index (κ1) is 28.7. The molecule has 0 saturated carbocycles. The number of carboxylic acid groups (broad SMARTS) is 2. The van der Waals surface area contributed by atoms with E-state index in [-0.39, 0.29) is 52.4 Å². The van der Waals surface area contributed by atoms with Gasteiger partial charge in [-0.15, -0.1) is 0 Å². The maximum atomic E-state index is 12.8. The number of aliphatic hydroxyl groups excluding tert-OH is 1. The first-order chi connectivity index (χ1) is 14.7. The fourth-order valence-electron chi connectivity index (χ4n) is 3.21. The summed E-state index contributed by atoms with van der Waals surface area (Å²) in [6, 6.07) is 0. The van der Waals surface area contributed by atoms with Crippen molar-refractivity contribution in [1.29, 1.82) is 0 Å². The van der Waals surface area contributed by atoms with E-state index < -0.39 is 57.7 Å². The van der Waals surface area contributed by atoms with Gasteiger partial charge in [0.1, 0.15) is 6.29 Å². The lowest BCUT2D eigenvalue weighted by atomic mass is 10.2. The SMILES string of the molecule is O=C(O)CN1CCN(CC(O)C(F)(F)F)CCN(CC(=O)O)CCN(CP(=O)(O)O)CC1. The minimum absolute atomic E-state index is 0.0273. The molecule has 1 unspecified atom stereocenters. The van der Waals surface area contributed by atoms with Crippen molar-refractivity contribution in [3.63, 3.8) is 0 Å². The Hall–Kier alpha value is -1.32. The number of carbonyl (C=O) groups is 2. The Labute approximate surface area is 183 Å². The van der Waals surface area contributed by atoms with Crippen LogP contribution >= 0.6 is 7.60 Å². The summed E-state index contributed by atoms with van der Waals surface area (Å²) in [7, 11) is -4.43. The first-order valence-electron chi connectivity index (χ1n) is 9.78. The minimum Gasteiger partial charge on any atom is -0.480 e. The molecule has 1 atom stereocenters. The van der Waals surface area contributed by atoms with Crippen LogP contribution in [0.4, 0.5) is 13.2 Å². The number of β-amino-alcohol motifs (C(OH)–C–C–N with tert-alkyl or cyclic N) is 1. The fourth-order valence-corrected chi connectivity index (χ4v) is 4.01. The lowest BCUT2D eigenvalue weighted by molar-refractivity contribution is -0.208. The Bertz CT molecular complexity index is 634. The topological polar surface area (TPSA) is 165 Å². The van der Waals surface area contributed by atoms with Crippen LogP contribution in [0.1, 0.15) is 0 Å². The summed E-state index contributed by atoms with van der Waals surface area (Å²) >= 11 is 0. The van der Waals surface area contributed by atoms with Crippen molar-refractivity contribution in [2.75, 3.05) is 78.3 Å². The second-order valence-electron chi connectivity index (χ2n) is 7.62. The molecule has 12 nitrogen and oxygen atoms in total. The summed E-state index contributed by atoms with van der Waals surface area (Å²) in [4.78, 5) is 46.4. The van der Waals surface area contributed by atoms with Gasteiger partial charge in [0.2, 0.25) is 0 Å². The number of rotatable bonds is 8. The third kappa shape index (κ3) is 12.6. The van der Waals surface area contributed by atoms with Gasteiger partial charge in [0.15, 0.2) is 6.10 Å². The Kier molecular flexibility index (Phi) is 11.5. The van der Waals surface area contributed by atoms with Gasteiger partial charge in [-0.05, 0) is 0 Å². The van der Waals surface area contributed by atoms with E-state index in [1.807, 2.05) is 0 Å². The highest BCUT2D eigenvalue weighted by molar-refractivity contribution is 7.51. The molecule has 0 spiro atoms. The first-order valence-corrected chi connectivity index (χ1v) is 11.6. The number of aliphatic carboxylic acids is 2. The number of nitrogens with zero attached hydrogens (tertiary/aromatic N) is 4. The van der Waals surface area contributed by atoms with Gasteiger partial charge in [-0.25, -0.2) is 0 Å². The second kappa shape index (κ2) is 12.8. The summed E-state index contributed by atoms with van der Waals surface area (Å²) in [5.74, 6) is -2.35. The van der Waals surface area contributed by atoms with Crippen molar-refractivity contribution in [1.82, 2.24) is 19.6 Å². The van der Waals surface area contributed by atoms with Gasteiger partial charge >= 0.3 is 25.7 Å². The smallest absolute Gasteiger partial charge is 0.415 e. The largest absolute Gasteiger partial charge is 0.480 e. The third-order valence-electron chi connectivity index (χ3n) is 4.84. The molecule has 0 bridgehead atoms. The average Bonchev–Trinajstić information content (AvgIpc) is 2.61. The molecule has 1 aliphatic rings. The van der Waals surface area contributed by atoms with Crippen molar-refractivity contribution in [2.45, 2.75) is 12.3 Å². The van der Waals surface area contributed by atoms with E-state index in [0.29, 0.717) is 0 Å². The zero-order valence-electron chi connectivity index (χ0n) is 17.4. The van der Waals surface area contributed by atoms with E-state index in [9.17, 15) is 42.2 Å². The number of alkyl halides is 3. The zero-order valence-corrected chi connectivity index (χ0v) is 18.3. The molecule has 1 aliphatic heterocycles. The van der Waals surface area contributed by atoms with Crippen LogP contribution in [-0.2, 0) is 14.2 Å². The standard InChI is InChI=1S/C16H30F3N4O8P/c17-16(18,19)13(24)9-20-1-3-21(10-14(25)26)5-7-23(12-32(29,30)31)8-6-22(4-2-20)11-15(27)28/h13,24H,1-12H2,(H,25,26)(H,27,28)(H2,29,30,31). The molecule has 16 heteroatoms. The number of aliphatic hydroxyl groups is 1. The van der Waals surface area contributed by atoms with E-state index in [0.717, 1.165) is 0 Å². The number of hydrogen-bond donors (Lipinski definition) is 5. The van der Waals surface area contributed by atoms with Crippen molar-refractivity contribution < 1.29 is 52.4 Å². The molecular formula is C16H30F3N4O8P. The molecule has 0 amide bonds. The lowest BCUT2D eigenvalue weighted by Crippen LogP contribution is -2.50. The second-order valence-corrected chi connectivity index (χ2v) is 9.23. The Morgan fingerprint density at radius 2 is 1.12 bits per heavy atom. The number of carboxylic acids is 2. The summed E-state index contributed by atoms with van der Waals surface area (Å²) in [5, 5.41) is 27.6. The van der Waals surface area contributed by atoms with E-state index >= 15 is 0 Å². The summed E-state index contributed by atoms with van der Waals surface area (Å²) < 4.78 is 49.8. The minimum atomic E-state index is -4.84. The van der Waals surface area contributed by atoms with Crippen LogP contribution in [0.25, 0.3) is 0 Å². The Morgan fingerprint density at radius 1 is 0.781 bits per heavy atom. The van der Waals surface area contributed by atoms with E-state index in [4.69, 9.17) is 10.2 Å². The monoisotopic (exact) mass is 494 g/mol. The van der Waals surface area contributed by atoms with Crippen LogP contribution in [0, 0.1) is 0 Å². The Balaban J connectivity index is 3.02. The summed E-state index contributed by atoms with van der Waals surface area (Å²) in [6.07, 6.45) is -8.05. The maximum Gasteiger partial charge on any atom is 0.415 e. The molecular weight excluding hydrogens is 464 g/mol. The third-order valence-corrected chi connectivity index (χ3v) is 5.61.